The highest BCUT2D eigenvalue weighted by Gasteiger charge is 2.43. The number of hydrogen-bond acceptors (Lipinski definition) is 4. The molecular formula is C21H22N4O2. The number of morpholine rings is 1. The maximum Gasteiger partial charge on any atom is 0.249 e. The summed E-state index contributed by atoms with van der Waals surface area (Å²) in [7, 11) is 0. The van der Waals surface area contributed by atoms with Crippen LogP contribution in [0.2, 0.25) is 0 Å². The fraction of sp³-hybridized carbons (Fsp3) is 0.333. The smallest absolute Gasteiger partial charge is 0.249 e. The zero-order valence-corrected chi connectivity index (χ0v) is 15.0. The third-order valence-corrected chi connectivity index (χ3v) is 5.58. The summed E-state index contributed by atoms with van der Waals surface area (Å²) in [5, 5.41) is 1.26. The van der Waals surface area contributed by atoms with Crippen molar-refractivity contribution in [2.24, 2.45) is 0 Å². The van der Waals surface area contributed by atoms with E-state index in [1.54, 1.807) is 6.20 Å². The van der Waals surface area contributed by atoms with E-state index in [1.165, 1.54) is 10.9 Å². The van der Waals surface area contributed by atoms with Gasteiger partial charge in [0.05, 0.1) is 24.4 Å². The van der Waals surface area contributed by atoms with E-state index in [1.807, 2.05) is 29.2 Å². The molecule has 0 saturated carbocycles. The molecule has 6 nitrogen and oxygen atoms in total. The van der Waals surface area contributed by atoms with E-state index in [9.17, 15) is 4.79 Å². The first-order valence-corrected chi connectivity index (χ1v) is 9.36. The van der Waals surface area contributed by atoms with Gasteiger partial charge in [-0.2, -0.15) is 0 Å². The zero-order valence-electron chi connectivity index (χ0n) is 15.0. The maximum absolute atomic E-state index is 12.5. The van der Waals surface area contributed by atoms with Crippen LogP contribution in [-0.4, -0.2) is 57.5 Å². The molecule has 138 valence electrons. The molecule has 5 rings (SSSR count). The van der Waals surface area contributed by atoms with E-state index in [0.717, 1.165) is 30.8 Å². The van der Waals surface area contributed by atoms with Crippen molar-refractivity contribution in [3.05, 3.63) is 66.1 Å². The summed E-state index contributed by atoms with van der Waals surface area (Å²) < 4.78 is 5.86. The predicted octanol–water partition coefficient (Wildman–Crippen LogP) is 2.17. The molecule has 0 spiro atoms. The van der Waals surface area contributed by atoms with Gasteiger partial charge in [0, 0.05) is 42.9 Å². The number of hydrogen-bond donors (Lipinski definition) is 1. The number of pyridine rings is 1. The normalized spacial score (nSPS) is 23.1. The van der Waals surface area contributed by atoms with E-state index in [-0.39, 0.29) is 24.7 Å². The molecule has 2 unspecified atom stereocenters. The highest BCUT2D eigenvalue weighted by atomic mass is 16.5. The summed E-state index contributed by atoms with van der Waals surface area (Å²) in [5.41, 5.74) is 3.36. The second-order valence-corrected chi connectivity index (χ2v) is 7.31. The standard InChI is InChI=1S/C21H22N4O2/c26-21-14-27-20-13-24(10-15-9-23-18-7-2-1-6-17(15)18)12-19(20)25(21)11-16-5-3-4-8-22-16/h1-9,19-20,23H,10-14H2. The fourth-order valence-corrected chi connectivity index (χ4v) is 4.25. The molecule has 0 aliphatic carbocycles. The molecular weight excluding hydrogens is 340 g/mol. The number of nitrogens with zero attached hydrogens (tertiary/aromatic N) is 3. The van der Waals surface area contributed by atoms with E-state index in [4.69, 9.17) is 4.74 Å². The largest absolute Gasteiger partial charge is 0.365 e. The number of carbonyl (C=O) groups excluding carboxylic acids is 1. The third-order valence-electron chi connectivity index (χ3n) is 5.58. The minimum absolute atomic E-state index is 0.0517. The Bertz CT molecular complexity index is 955. The molecule has 3 aromatic rings. The Morgan fingerprint density at radius 3 is 2.89 bits per heavy atom. The molecule has 2 aromatic heterocycles. The van der Waals surface area contributed by atoms with Crippen molar-refractivity contribution in [3.8, 4) is 0 Å². The van der Waals surface area contributed by atoms with E-state index < -0.39 is 0 Å². The molecule has 2 fully saturated rings. The van der Waals surface area contributed by atoms with Gasteiger partial charge in [-0.15, -0.1) is 0 Å². The molecule has 2 atom stereocenters. The number of H-pyrrole nitrogens is 1. The Kier molecular flexibility index (Phi) is 4.14. The Morgan fingerprint density at radius 2 is 2.00 bits per heavy atom. The number of aromatic amines is 1. The summed E-state index contributed by atoms with van der Waals surface area (Å²) in [4.78, 5) is 24.5. The lowest BCUT2D eigenvalue weighted by Crippen LogP contribution is -2.53. The van der Waals surface area contributed by atoms with Gasteiger partial charge >= 0.3 is 0 Å². The highest BCUT2D eigenvalue weighted by Crippen LogP contribution is 2.27. The predicted molar refractivity (Wildman–Crippen MR) is 102 cm³/mol. The van der Waals surface area contributed by atoms with Gasteiger partial charge in [-0.05, 0) is 23.8 Å². The van der Waals surface area contributed by atoms with Gasteiger partial charge in [-0.25, -0.2) is 0 Å². The SMILES string of the molecule is O=C1COC2CN(Cc3c[nH]c4ccccc34)CC2N1Cc1ccccn1. The average molecular weight is 362 g/mol. The van der Waals surface area contributed by atoms with E-state index in [2.05, 4.69) is 39.3 Å². The Labute approximate surface area is 157 Å². The van der Waals surface area contributed by atoms with Crippen LogP contribution in [-0.2, 0) is 22.6 Å². The lowest BCUT2D eigenvalue weighted by Gasteiger charge is -2.36. The lowest BCUT2D eigenvalue weighted by atomic mass is 10.1. The minimum atomic E-state index is 0.0517. The molecule has 0 bridgehead atoms. The second-order valence-electron chi connectivity index (χ2n) is 7.31. The van der Waals surface area contributed by atoms with Crippen LogP contribution >= 0.6 is 0 Å². The summed E-state index contributed by atoms with van der Waals surface area (Å²) in [6, 6.07) is 14.3. The van der Waals surface area contributed by atoms with Gasteiger partial charge in [-0.3, -0.25) is 14.7 Å². The first-order chi connectivity index (χ1) is 13.3. The second kappa shape index (κ2) is 6.79. The van der Waals surface area contributed by atoms with E-state index in [0.29, 0.717) is 6.54 Å². The lowest BCUT2D eigenvalue weighted by molar-refractivity contribution is -0.154. The van der Waals surface area contributed by atoms with Crippen LogP contribution in [0, 0.1) is 0 Å². The number of nitrogens with one attached hydrogen (secondary N) is 1. The number of ether oxygens (including phenoxy) is 1. The van der Waals surface area contributed by atoms with Crippen LogP contribution in [0.3, 0.4) is 0 Å². The number of fused-ring (bicyclic) bond motifs is 2. The fourth-order valence-electron chi connectivity index (χ4n) is 4.25. The molecule has 1 N–H and O–H groups in total. The van der Waals surface area contributed by atoms with Gasteiger partial charge in [0.2, 0.25) is 5.91 Å². The molecule has 6 heteroatoms. The molecule has 27 heavy (non-hydrogen) atoms. The quantitative estimate of drug-likeness (QED) is 0.773. The minimum Gasteiger partial charge on any atom is -0.365 e. The van der Waals surface area contributed by atoms with Gasteiger partial charge in [0.1, 0.15) is 6.61 Å². The number of carbonyl (C=O) groups is 1. The number of amides is 1. The van der Waals surface area contributed by atoms with Crippen molar-refractivity contribution in [1.82, 2.24) is 19.8 Å². The monoisotopic (exact) mass is 362 g/mol. The van der Waals surface area contributed by atoms with Crippen LogP contribution in [0.5, 0.6) is 0 Å². The average Bonchev–Trinajstić information content (AvgIpc) is 3.30. The molecule has 2 saturated heterocycles. The molecule has 2 aliphatic rings. The van der Waals surface area contributed by atoms with Crippen LogP contribution in [0.25, 0.3) is 10.9 Å². The van der Waals surface area contributed by atoms with Gasteiger partial charge in [0.25, 0.3) is 0 Å². The van der Waals surface area contributed by atoms with Crippen LogP contribution in [0.15, 0.2) is 54.9 Å². The Balaban J connectivity index is 1.33. The van der Waals surface area contributed by atoms with Gasteiger partial charge < -0.3 is 14.6 Å². The summed E-state index contributed by atoms with van der Waals surface area (Å²) in [5.74, 6) is 0.0517. The number of benzene rings is 1. The van der Waals surface area contributed by atoms with Crippen molar-refractivity contribution in [3.63, 3.8) is 0 Å². The van der Waals surface area contributed by atoms with Crippen LogP contribution in [0.4, 0.5) is 0 Å². The van der Waals surface area contributed by atoms with Crippen molar-refractivity contribution < 1.29 is 9.53 Å². The molecule has 1 aromatic carbocycles. The number of aromatic nitrogens is 2. The number of para-hydroxylation sites is 1. The Hall–Kier alpha value is -2.70. The number of likely N-dealkylation sites (tertiary alicyclic amines) is 1. The van der Waals surface area contributed by atoms with Gasteiger partial charge in [-0.1, -0.05) is 24.3 Å². The van der Waals surface area contributed by atoms with Crippen LogP contribution < -0.4 is 0 Å². The molecule has 4 heterocycles. The molecule has 0 radical (unpaired) electrons. The summed E-state index contributed by atoms with van der Waals surface area (Å²) in [6.45, 7) is 3.23. The van der Waals surface area contributed by atoms with Crippen molar-refractivity contribution in [2.75, 3.05) is 19.7 Å². The van der Waals surface area contributed by atoms with Gasteiger partial charge in [0.15, 0.2) is 0 Å². The summed E-state index contributed by atoms with van der Waals surface area (Å²) in [6.07, 6.45) is 3.93. The molecule has 1 amide bonds. The number of rotatable bonds is 4. The first-order valence-electron chi connectivity index (χ1n) is 9.36. The van der Waals surface area contributed by atoms with Crippen molar-refractivity contribution >= 4 is 16.8 Å². The molecule has 2 aliphatic heterocycles. The first kappa shape index (κ1) is 16.5. The topological polar surface area (TPSA) is 61.5 Å². The summed E-state index contributed by atoms with van der Waals surface area (Å²) >= 11 is 0. The Morgan fingerprint density at radius 1 is 1.11 bits per heavy atom. The van der Waals surface area contributed by atoms with E-state index >= 15 is 0 Å². The third kappa shape index (κ3) is 3.11. The van der Waals surface area contributed by atoms with Crippen molar-refractivity contribution in [2.45, 2.75) is 25.2 Å². The maximum atomic E-state index is 12.5. The zero-order chi connectivity index (χ0) is 18.2. The van der Waals surface area contributed by atoms with Crippen LogP contribution in [0.1, 0.15) is 11.3 Å². The van der Waals surface area contributed by atoms with Crippen molar-refractivity contribution in [1.29, 1.82) is 0 Å². The highest BCUT2D eigenvalue weighted by molar-refractivity contribution is 5.83.